The van der Waals surface area contributed by atoms with Gasteiger partial charge in [-0.3, -0.25) is 4.79 Å². The maximum Gasteiger partial charge on any atom is 0.223 e. The predicted molar refractivity (Wildman–Crippen MR) is 112 cm³/mol. The lowest BCUT2D eigenvalue weighted by Crippen LogP contribution is -2.45. The summed E-state index contributed by atoms with van der Waals surface area (Å²) in [7, 11) is 3.31. The molecule has 0 radical (unpaired) electrons. The van der Waals surface area contributed by atoms with E-state index >= 15 is 0 Å². The highest BCUT2D eigenvalue weighted by Crippen LogP contribution is 2.39. The number of nitrogens with two attached hydrogens (primary N) is 1. The third-order valence-corrected chi connectivity index (χ3v) is 6.44. The highest BCUT2D eigenvalue weighted by atomic mass is 16.5. The van der Waals surface area contributed by atoms with Crippen molar-refractivity contribution in [1.82, 2.24) is 4.90 Å². The van der Waals surface area contributed by atoms with Crippen LogP contribution in [0.15, 0.2) is 18.2 Å². The molecule has 0 spiro atoms. The second-order valence-corrected chi connectivity index (χ2v) is 8.34. The number of amides is 1. The van der Waals surface area contributed by atoms with Crippen molar-refractivity contribution >= 4 is 11.6 Å². The van der Waals surface area contributed by atoms with Crippen molar-refractivity contribution in [2.75, 3.05) is 39.2 Å². The number of ether oxygens (including phenoxy) is 2. The largest absolute Gasteiger partial charge is 0.497 e. The van der Waals surface area contributed by atoms with Gasteiger partial charge in [0.2, 0.25) is 5.91 Å². The molecule has 6 nitrogen and oxygen atoms in total. The first kappa shape index (κ1) is 20.8. The van der Waals surface area contributed by atoms with Gasteiger partial charge in [-0.1, -0.05) is 19.3 Å². The number of nitrogens with zero attached hydrogens (tertiary/aromatic N) is 1. The Labute approximate surface area is 168 Å². The number of carbonyl (C=O) groups excluding carboxylic acids is 1. The van der Waals surface area contributed by atoms with Gasteiger partial charge in [0.15, 0.2) is 0 Å². The average Bonchev–Trinajstić information content (AvgIpc) is 2.74. The first-order chi connectivity index (χ1) is 13.6. The van der Waals surface area contributed by atoms with E-state index in [1.54, 1.807) is 14.2 Å². The summed E-state index contributed by atoms with van der Waals surface area (Å²) in [6.07, 6.45) is 8.41. The van der Waals surface area contributed by atoms with Crippen molar-refractivity contribution in [3.63, 3.8) is 0 Å². The van der Waals surface area contributed by atoms with E-state index in [4.69, 9.17) is 15.2 Å². The Kier molecular flexibility index (Phi) is 7.05. The van der Waals surface area contributed by atoms with E-state index in [0.29, 0.717) is 19.0 Å². The normalized spacial score (nSPS) is 19.9. The van der Waals surface area contributed by atoms with E-state index < -0.39 is 0 Å². The van der Waals surface area contributed by atoms with Gasteiger partial charge in [-0.2, -0.15) is 0 Å². The Hall–Kier alpha value is -1.95. The lowest BCUT2D eigenvalue weighted by molar-refractivity contribution is -0.135. The van der Waals surface area contributed by atoms with E-state index in [1.807, 2.05) is 23.1 Å². The summed E-state index contributed by atoms with van der Waals surface area (Å²) in [5.74, 6) is 1.83. The number of anilines is 1. The molecule has 1 aliphatic heterocycles. The van der Waals surface area contributed by atoms with Crippen LogP contribution in [0.5, 0.6) is 11.5 Å². The fourth-order valence-electron chi connectivity index (χ4n) is 4.59. The first-order valence-electron chi connectivity index (χ1n) is 10.5. The highest BCUT2D eigenvalue weighted by molar-refractivity contribution is 5.77. The molecule has 2 aliphatic rings. The van der Waals surface area contributed by atoms with Gasteiger partial charge in [0.1, 0.15) is 11.5 Å². The summed E-state index contributed by atoms with van der Waals surface area (Å²) in [5, 5.41) is 3.57. The molecule has 0 atom stereocenters. The lowest BCUT2D eigenvalue weighted by Gasteiger charge is -2.39. The van der Waals surface area contributed by atoms with E-state index in [1.165, 1.54) is 19.3 Å². The second-order valence-electron chi connectivity index (χ2n) is 8.34. The van der Waals surface area contributed by atoms with Crippen LogP contribution in [0.4, 0.5) is 5.69 Å². The summed E-state index contributed by atoms with van der Waals surface area (Å²) < 4.78 is 10.7. The van der Waals surface area contributed by atoms with Crippen molar-refractivity contribution in [3.8, 4) is 11.5 Å². The number of rotatable bonds is 7. The number of nitrogens with one attached hydrogen (secondary N) is 1. The number of likely N-dealkylation sites (tertiary alicyclic amines) is 1. The Balaban J connectivity index is 1.52. The number of carbonyl (C=O) groups is 1. The average molecular weight is 390 g/mol. The lowest BCUT2D eigenvalue weighted by atomic mass is 9.71. The number of benzene rings is 1. The molecule has 0 bridgehead atoms. The molecule has 1 saturated heterocycles. The number of methoxy groups -OCH3 is 2. The van der Waals surface area contributed by atoms with Gasteiger partial charge in [0, 0.05) is 49.4 Å². The number of piperidine rings is 1. The van der Waals surface area contributed by atoms with E-state index in [2.05, 4.69) is 5.32 Å². The highest BCUT2D eigenvalue weighted by Gasteiger charge is 2.35. The van der Waals surface area contributed by atoms with Crippen LogP contribution in [-0.4, -0.2) is 50.7 Å². The van der Waals surface area contributed by atoms with Crippen molar-refractivity contribution in [1.29, 1.82) is 0 Å². The number of hydrogen-bond donors (Lipinski definition) is 2. The smallest absolute Gasteiger partial charge is 0.223 e. The van der Waals surface area contributed by atoms with E-state index in [-0.39, 0.29) is 11.3 Å². The van der Waals surface area contributed by atoms with Crippen LogP contribution in [-0.2, 0) is 4.79 Å². The summed E-state index contributed by atoms with van der Waals surface area (Å²) >= 11 is 0. The minimum atomic E-state index is 0.0432. The van der Waals surface area contributed by atoms with Crippen molar-refractivity contribution in [2.45, 2.75) is 57.4 Å². The monoisotopic (exact) mass is 389 g/mol. The summed E-state index contributed by atoms with van der Waals surface area (Å²) in [5.41, 5.74) is 7.10. The summed E-state index contributed by atoms with van der Waals surface area (Å²) in [4.78, 5) is 14.9. The molecule has 28 heavy (non-hydrogen) atoms. The molecule has 3 N–H and O–H groups in total. The zero-order chi connectivity index (χ0) is 20.0. The zero-order valence-corrected chi connectivity index (χ0v) is 17.3. The van der Waals surface area contributed by atoms with Crippen LogP contribution < -0.4 is 20.5 Å². The molecular weight excluding hydrogens is 354 g/mol. The standard InChI is InChI=1S/C22H35N3O3/c1-27-19-12-18(13-20(14-19)28-2)24-17-6-10-25(11-7-17)21(26)15-22(16-23)8-4-3-5-9-22/h12-14,17,24H,3-11,15-16,23H2,1-2H3. The molecule has 1 saturated carbocycles. The maximum absolute atomic E-state index is 12.9. The Morgan fingerprint density at radius 1 is 1.11 bits per heavy atom. The quantitative estimate of drug-likeness (QED) is 0.747. The van der Waals surface area contributed by atoms with Gasteiger partial charge >= 0.3 is 0 Å². The van der Waals surface area contributed by atoms with Gasteiger partial charge in [-0.15, -0.1) is 0 Å². The topological polar surface area (TPSA) is 76.8 Å². The van der Waals surface area contributed by atoms with Gasteiger partial charge in [-0.25, -0.2) is 0 Å². The van der Waals surface area contributed by atoms with E-state index in [9.17, 15) is 4.79 Å². The molecule has 1 aromatic rings. The minimum Gasteiger partial charge on any atom is -0.497 e. The molecule has 0 aromatic heterocycles. The Morgan fingerprint density at radius 3 is 2.25 bits per heavy atom. The van der Waals surface area contributed by atoms with Crippen molar-refractivity contribution in [2.24, 2.45) is 11.1 Å². The fraction of sp³-hybridized carbons (Fsp3) is 0.682. The molecule has 1 aliphatic carbocycles. The van der Waals surface area contributed by atoms with Crippen molar-refractivity contribution < 1.29 is 14.3 Å². The van der Waals surface area contributed by atoms with Gasteiger partial charge in [-0.05, 0) is 37.6 Å². The maximum atomic E-state index is 12.9. The predicted octanol–water partition coefficient (Wildman–Crippen LogP) is 3.41. The molecular formula is C22H35N3O3. The third kappa shape index (κ3) is 5.10. The minimum absolute atomic E-state index is 0.0432. The van der Waals surface area contributed by atoms with Crippen LogP contribution in [0.1, 0.15) is 51.4 Å². The molecule has 1 aromatic carbocycles. The molecule has 0 unspecified atom stereocenters. The summed E-state index contributed by atoms with van der Waals surface area (Å²) in [6, 6.07) is 6.17. The Bertz CT molecular complexity index is 628. The van der Waals surface area contributed by atoms with Crippen LogP contribution in [0.2, 0.25) is 0 Å². The number of hydrogen-bond acceptors (Lipinski definition) is 5. The van der Waals surface area contributed by atoms with Gasteiger partial charge < -0.3 is 25.4 Å². The molecule has 1 heterocycles. The second kappa shape index (κ2) is 9.50. The molecule has 1 amide bonds. The molecule has 6 heteroatoms. The SMILES string of the molecule is COc1cc(NC2CCN(C(=O)CC3(CN)CCCCC3)CC2)cc(OC)c1. The summed E-state index contributed by atoms with van der Waals surface area (Å²) in [6.45, 7) is 2.24. The van der Waals surface area contributed by atoms with Crippen LogP contribution in [0.25, 0.3) is 0 Å². The Morgan fingerprint density at radius 2 is 1.71 bits per heavy atom. The zero-order valence-electron chi connectivity index (χ0n) is 17.3. The van der Waals surface area contributed by atoms with E-state index in [0.717, 1.165) is 56.0 Å². The first-order valence-corrected chi connectivity index (χ1v) is 10.5. The molecule has 156 valence electrons. The fourth-order valence-corrected chi connectivity index (χ4v) is 4.59. The van der Waals surface area contributed by atoms with Gasteiger partial charge in [0.25, 0.3) is 0 Å². The third-order valence-electron chi connectivity index (χ3n) is 6.44. The van der Waals surface area contributed by atoms with Crippen LogP contribution in [0, 0.1) is 5.41 Å². The van der Waals surface area contributed by atoms with Crippen molar-refractivity contribution in [3.05, 3.63) is 18.2 Å². The molecule has 2 fully saturated rings. The van der Waals surface area contributed by atoms with Crippen LogP contribution >= 0.6 is 0 Å². The van der Waals surface area contributed by atoms with Crippen LogP contribution in [0.3, 0.4) is 0 Å². The van der Waals surface area contributed by atoms with Gasteiger partial charge in [0.05, 0.1) is 14.2 Å². The molecule has 3 rings (SSSR count).